The number of hydrogen-bond donors (Lipinski definition) is 1. The maximum absolute atomic E-state index is 11.8. The molecule has 2 rings (SSSR count). The van der Waals surface area contributed by atoms with Crippen LogP contribution in [0.1, 0.15) is 53.5 Å². The Kier molecular flexibility index (Phi) is 8.07. The van der Waals surface area contributed by atoms with Crippen LogP contribution in [0.2, 0.25) is 16.6 Å². The molecule has 4 nitrogen and oxygen atoms in total. The van der Waals surface area contributed by atoms with Crippen LogP contribution in [0.3, 0.4) is 0 Å². The summed E-state index contributed by atoms with van der Waals surface area (Å²) in [6.07, 6.45) is 0.467. The molecule has 1 aliphatic rings. The van der Waals surface area contributed by atoms with E-state index in [9.17, 15) is 4.79 Å². The maximum Gasteiger partial charge on any atom is 0.220 e. The van der Waals surface area contributed by atoms with Crippen LogP contribution in [0.4, 0.5) is 0 Å². The first-order valence-corrected chi connectivity index (χ1v) is 12.5. The molecule has 0 saturated carbocycles. The first-order valence-electron chi connectivity index (χ1n) is 10.3. The number of ether oxygens (including phenoxy) is 1. The number of benzene rings is 1. The summed E-state index contributed by atoms with van der Waals surface area (Å²) in [5.74, 6) is 0.299. The molecule has 0 aliphatic carbocycles. The zero-order chi connectivity index (χ0) is 20.0. The molecule has 27 heavy (non-hydrogen) atoms. The highest BCUT2D eigenvalue weighted by molar-refractivity contribution is 6.77. The summed E-state index contributed by atoms with van der Waals surface area (Å²) in [4.78, 5) is 11.8. The van der Waals surface area contributed by atoms with Gasteiger partial charge in [0.2, 0.25) is 5.91 Å². The van der Waals surface area contributed by atoms with Crippen LogP contribution in [0.15, 0.2) is 30.3 Å². The molecule has 0 unspecified atom stereocenters. The fraction of sp³-hybridized carbons (Fsp3) is 0.682. The molecule has 1 amide bonds. The van der Waals surface area contributed by atoms with Crippen molar-refractivity contribution >= 4 is 14.2 Å². The van der Waals surface area contributed by atoms with Crippen molar-refractivity contribution in [1.82, 2.24) is 5.32 Å². The Hall–Kier alpha value is -1.17. The summed E-state index contributed by atoms with van der Waals surface area (Å²) in [5, 5.41) is 2.95. The quantitative estimate of drug-likeness (QED) is 0.577. The Morgan fingerprint density at radius 2 is 1.63 bits per heavy atom. The van der Waals surface area contributed by atoms with E-state index in [2.05, 4.69) is 59.0 Å². The average molecular weight is 392 g/mol. The molecule has 1 heterocycles. The lowest BCUT2D eigenvalue weighted by atomic mass is 10.0. The van der Waals surface area contributed by atoms with Gasteiger partial charge in [0.1, 0.15) is 0 Å². The second-order valence-electron chi connectivity index (χ2n) is 8.73. The molecule has 2 atom stereocenters. The molecule has 1 N–H and O–H groups in total. The van der Waals surface area contributed by atoms with E-state index in [0.29, 0.717) is 42.8 Å². The van der Waals surface area contributed by atoms with Crippen molar-refractivity contribution in [2.24, 2.45) is 5.92 Å². The number of rotatable bonds is 10. The summed E-state index contributed by atoms with van der Waals surface area (Å²) in [5.41, 5.74) is 2.77. The second-order valence-corrected chi connectivity index (χ2v) is 14.2. The lowest BCUT2D eigenvalue weighted by Crippen LogP contribution is -2.50. The van der Waals surface area contributed by atoms with Crippen molar-refractivity contribution in [2.75, 3.05) is 13.2 Å². The third kappa shape index (κ3) is 5.43. The number of carbonyl (C=O) groups is 1. The molecule has 1 saturated heterocycles. The smallest absolute Gasteiger partial charge is 0.220 e. The van der Waals surface area contributed by atoms with Gasteiger partial charge in [-0.25, -0.2) is 0 Å². The summed E-state index contributed by atoms with van der Waals surface area (Å²) in [7, 11) is -1.95. The lowest BCUT2D eigenvalue weighted by molar-refractivity contribution is -0.119. The third-order valence-electron chi connectivity index (χ3n) is 6.05. The van der Waals surface area contributed by atoms with Gasteiger partial charge in [0.25, 0.3) is 0 Å². The fourth-order valence-corrected chi connectivity index (χ4v) is 10.2. The van der Waals surface area contributed by atoms with Crippen molar-refractivity contribution in [3.63, 3.8) is 0 Å². The van der Waals surface area contributed by atoms with Crippen LogP contribution >= 0.6 is 0 Å². The third-order valence-corrected chi connectivity index (χ3v) is 12.1. The summed E-state index contributed by atoms with van der Waals surface area (Å²) >= 11 is 0. The first kappa shape index (κ1) is 22.1. The van der Waals surface area contributed by atoms with Gasteiger partial charge in [-0.15, -0.1) is 0 Å². The molecule has 0 spiro atoms. The Bertz CT molecular complexity index is 567. The predicted molar refractivity (Wildman–Crippen MR) is 113 cm³/mol. The van der Waals surface area contributed by atoms with Gasteiger partial charge in [-0.2, -0.15) is 0 Å². The topological polar surface area (TPSA) is 47.6 Å². The minimum absolute atomic E-state index is 0.0627. The largest absolute Gasteiger partial charge is 0.413 e. The molecule has 0 radical (unpaired) electrons. The van der Waals surface area contributed by atoms with Gasteiger partial charge >= 0.3 is 0 Å². The average Bonchev–Trinajstić information content (AvgIpc) is 3.04. The van der Waals surface area contributed by atoms with Crippen molar-refractivity contribution in [3.8, 4) is 0 Å². The van der Waals surface area contributed by atoms with Crippen molar-refractivity contribution in [3.05, 3.63) is 35.9 Å². The van der Waals surface area contributed by atoms with Crippen LogP contribution in [0, 0.1) is 5.92 Å². The highest BCUT2D eigenvalue weighted by Gasteiger charge is 2.46. The second kappa shape index (κ2) is 9.85. The summed E-state index contributed by atoms with van der Waals surface area (Å²) in [6.45, 7) is 15.6. The minimum Gasteiger partial charge on any atom is -0.413 e. The van der Waals surface area contributed by atoms with E-state index in [0.717, 1.165) is 5.56 Å². The first-order chi connectivity index (χ1) is 12.8. The number of amides is 1. The zero-order valence-corrected chi connectivity index (χ0v) is 18.8. The van der Waals surface area contributed by atoms with Gasteiger partial charge in [-0.1, -0.05) is 71.9 Å². The van der Waals surface area contributed by atoms with Crippen LogP contribution in [0.25, 0.3) is 0 Å². The van der Waals surface area contributed by atoms with Gasteiger partial charge in [0.05, 0.1) is 19.3 Å². The molecule has 5 heteroatoms. The number of carbonyl (C=O) groups excluding carboxylic acids is 1. The van der Waals surface area contributed by atoms with Gasteiger partial charge in [-0.3, -0.25) is 4.79 Å². The van der Waals surface area contributed by atoms with E-state index in [1.54, 1.807) is 0 Å². The highest BCUT2D eigenvalue weighted by Crippen LogP contribution is 2.42. The molecule has 0 bridgehead atoms. The molecular weight excluding hydrogens is 354 g/mol. The molecule has 1 fully saturated rings. The van der Waals surface area contributed by atoms with Gasteiger partial charge in [-0.05, 0) is 22.2 Å². The Morgan fingerprint density at radius 3 is 2.11 bits per heavy atom. The molecule has 152 valence electrons. The van der Waals surface area contributed by atoms with Crippen molar-refractivity contribution in [2.45, 2.75) is 77.3 Å². The number of hydrogen-bond acceptors (Lipinski definition) is 3. The van der Waals surface area contributed by atoms with E-state index in [-0.39, 0.29) is 17.9 Å². The van der Waals surface area contributed by atoms with E-state index >= 15 is 0 Å². The SMILES string of the molecule is CC(C)[Si](OC[C@@H](OCc1ccccc1)[C@H]1CNC(=O)C1)(C(C)C)C(C)C. The van der Waals surface area contributed by atoms with E-state index in [1.807, 2.05) is 18.2 Å². The van der Waals surface area contributed by atoms with Crippen molar-refractivity contribution < 1.29 is 14.0 Å². The fourth-order valence-electron chi connectivity index (χ4n) is 4.71. The van der Waals surface area contributed by atoms with Crippen LogP contribution in [-0.4, -0.2) is 33.5 Å². The summed E-state index contributed by atoms with van der Waals surface area (Å²) < 4.78 is 13.1. The van der Waals surface area contributed by atoms with Gasteiger partial charge in [0.15, 0.2) is 8.32 Å². The Morgan fingerprint density at radius 1 is 1.04 bits per heavy atom. The van der Waals surface area contributed by atoms with Gasteiger partial charge < -0.3 is 14.5 Å². The van der Waals surface area contributed by atoms with Crippen LogP contribution in [0.5, 0.6) is 0 Å². The highest BCUT2D eigenvalue weighted by atomic mass is 28.4. The molecular formula is C22H37NO3Si. The zero-order valence-electron chi connectivity index (χ0n) is 17.8. The van der Waals surface area contributed by atoms with E-state index < -0.39 is 8.32 Å². The molecule has 1 aromatic rings. The lowest BCUT2D eigenvalue weighted by Gasteiger charge is -2.43. The molecule has 1 aliphatic heterocycles. The maximum atomic E-state index is 11.8. The summed E-state index contributed by atoms with van der Waals surface area (Å²) in [6, 6.07) is 10.2. The van der Waals surface area contributed by atoms with E-state index in [4.69, 9.17) is 9.16 Å². The number of nitrogens with one attached hydrogen (secondary N) is 1. The molecule has 1 aromatic carbocycles. The van der Waals surface area contributed by atoms with Crippen LogP contribution < -0.4 is 5.32 Å². The minimum atomic E-state index is -1.95. The Balaban J connectivity index is 2.11. The van der Waals surface area contributed by atoms with Crippen molar-refractivity contribution in [1.29, 1.82) is 0 Å². The van der Waals surface area contributed by atoms with Gasteiger partial charge in [0, 0.05) is 18.9 Å². The standard InChI is InChI=1S/C22H37NO3Si/c1-16(2)27(17(3)4,18(5)6)26-15-21(20-12-22(24)23-13-20)25-14-19-10-8-7-9-11-19/h7-11,16-18,20-21H,12-15H2,1-6H3,(H,23,24)/t20-,21-/m1/s1. The predicted octanol–water partition coefficient (Wildman–Crippen LogP) is 4.90. The van der Waals surface area contributed by atoms with E-state index in [1.165, 1.54) is 0 Å². The normalized spacial score (nSPS) is 19.1. The van der Waals surface area contributed by atoms with Crippen LogP contribution in [-0.2, 0) is 20.6 Å². The molecule has 0 aromatic heterocycles. The Labute approximate surface area is 166 Å². The monoisotopic (exact) mass is 391 g/mol.